The van der Waals surface area contributed by atoms with Gasteiger partial charge in [0, 0.05) is 12.5 Å². The Morgan fingerprint density at radius 1 is 1.17 bits per heavy atom. The number of likely N-dealkylation sites (tertiary alicyclic amines) is 1. The maximum atomic E-state index is 6.25. The minimum atomic E-state index is -0.0198. The van der Waals surface area contributed by atoms with Gasteiger partial charge in [-0.15, -0.1) is 10.2 Å². The molecule has 4 heterocycles. The molecule has 0 N–H and O–H groups in total. The molecule has 5 rings (SSSR count). The molecule has 2 saturated heterocycles. The summed E-state index contributed by atoms with van der Waals surface area (Å²) in [6.07, 6.45) is 6.50. The van der Waals surface area contributed by atoms with Gasteiger partial charge in [0.1, 0.15) is 11.9 Å². The first-order valence-corrected chi connectivity index (χ1v) is 8.58. The van der Waals surface area contributed by atoms with Crippen molar-refractivity contribution in [3.05, 3.63) is 35.9 Å². The molecule has 3 atom stereocenters. The lowest BCUT2D eigenvalue weighted by atomic mass is 9.92. The number of ether oxygens (including phenoxy) is 1. The Balaban J connectivity index is 1.23. The van der Waals surface area contributed by atoms with Gasteiger partial charge in [-0.25, -0.2) is 0 Å². The highest BCUT2D eigenvalue weighted by Gasteiger charge is 2.42. The summed E-state index contributed by atoms with van der Waals surface area (Å²) in [5.74, 6) is 3.61. The Bertz CT molecular complexity index is 664. The van der Waals surface area contributed by atoms with E-state index in [4.69, 9.17) is 13.6 Å². The van der Waals surface area contributed by atoms with E-state index >= 15 is 0 Å². The van der Waals surface area contributed by atoms with E-state index in [1.165, 1.54) is 12.8 Å². The summed E-state index contributed by atoms with van der Waals surface area (Å²) in [5, 5.41) is 8.41. The fourth-order valence-electron chi connectivity index (χ4n) is 3.79. The Kier molecular flexibility index (Phi) is 3.26. The first kappa shape index (κ1) is 13.7. The van der Waals surface area contributed by atoms with Gasteiger partial charge in [0.05, 0.1) is 18.9 Å². The van der Waals surface area contributed by atoms with E-state index < -0.39 is 0 Å². The van der Waals surface area contributed by atoms with Gasteiger partial charge in [-0.2, -0.15) is 0 Å². The average Bonchev–Trinajstić information content (AvgIpc) is 2.99. The molecule has 0 bridgehead atoms. The molecule has 2 aromatic rings. The fraction of sp³-hybridized carbons (Fsp3) is 0.647. The molecule has 0 aromatic carbocycles. The second-order valence-corrected chi connectivity index (χ2v) is 7.01. The second kappa shape index (κ2) is 5.46. The van der Waals surface area contributed by atoms with Gasteiger partial charge in [0.25, 0.3) is 0 Å². The largest absolute Gasteiger partial charge is 0.468 e. The van der Waals surface area contributed by atoms with Crippen LogP contribution in [0.5, 0.6) is 0 Å². The molecule has 23 heavy (non-hydrogen) atoms. The van der Waals surface area contributed by atoms with Crippen LogP contribution in [-0.2, 0) is 11.3 Å². The van der Waals surface area contributed by atoms with Crippen LogP contribution in [0.1, 0.15) is 55.2 Å². The van der Waals surface area contributed by atoms with Crippen molar-refractivity contribution >= 4 is 0 Å². The molecule has 6 heteroatoms. The van der Waals surface area contributed by atoms with Crippen molar-refractivity contribution in [2.75, 3.05) is 13.1 Å². The number of piperidine rings is 1. The Hall–Kier alpha value is -1.66. The number of hydrogen-bond acceptors (Lipinski definition) is 6. The van der Waals surface area contributed by atoms with Crippen LogP contribution in [0.15, 0.2) is 27.2 Å². The monoisotopic (exact) mass is 315 g/mol. The highest BCUT2D eigenvalue weighted by Crippen LogP contribution is 2.43. The number of aromatic nitrogens is 2. The van der Waals surface area contributed by atoms with E-state index in [-0.39, 0.29) is 12.2 Å². The molecule has 0 unspecified atom stereocenters. The minimum Gasteiger partial charge on any atom is -0.468 e. The Morgan fingerprint density at radius 2 is 2.09 bits per heavy atom. The molecular weight excluding hydrogens is 294 g/mol. The molecule has 0 spiro atoms. The summed E-state index contributed by atoms with van der Waals surface area (Å²) in [7, 11) is 0. The third-order valence-corrected chi connectivity index (χ3v) is 5.25. The third-order valence-electron chi connectivity index (χ3n) is 5.25. The highest BCUT2D eigenvalue weighted by atomic mass is 16.5. The van der Waals surface area contributed by atoms with Crippen molar-refractivity contribution in [3.63, 3.8) is 0 Å². The molecule has 3 aliphatic rings. The lowest BCUT2D eigenvalue weighted by Gasteiger charge is -2.33. The van der Waals surface area contributed by atoms with Gasteiger partial charge in [-0.05, 0) is 50.3 Å². The summed E-state index contributed by atoms with van der Waals surface area (Å²) in [6.45, 7) is 2.90. The standard InChI is InChI=1S/C17H21N3O3/c1-2-13(21-7-1)9-20-6-5-12-8-14(22-15(12)10-20)17-19-18-16(23-17)11-3-4-11/h1-2,7,11-12,14-15H,3-6,8-10H2/t12-,14+,15+/m0/s1. The molecule has 1 saturated carbocycles. The number of furan rings is 1. The molecule has 2 aromatic heterocycles. The van der Waals surface area contributed by atoms with Crippen LogP contribution in [0.3, 0.4) is 0 Å². The molecule has 6 nitrogen and oxygen atoms in total. The van der Waals surface area contributed by atoms with E-state index in [0.29, 0.717) is 17.7 Å². The first-order chi connectivity index (χ1) is 11.3. The molecule has 122 valence electrons. The van der Waals surface area contributed by atoms with Crippen molar-refractivity contribution in [2.24, 2.45) is 5.92 Å². The van der Waals surface area contributed by atoms with Gasteiger partial charge in [-0.3, -0.25) is 4.90 Å². The molecule has 3 fully saturated rings. The first-order valence-electron chi connectivity index (χ1n) is 8.58. The van der Waals surface area contributed by atoms with Crippen LogP contribution in [0.4, 0.5) is 0 Å². The van der Waals surface area contributed by atoms with Crippen LogP contribution < -0.4 is 0 Å². The van der Waals surface area contributed by atoms with Crippen LogP contribution >= 0.6 is 0 Å². The van der Waals surface area contributed by atoms with Crippen LogP contribution in [0, 0.1) is 5.92 Å². The van der Waals surface area contributed by atoms with Gasteiger partial charge in [0.2, 0.25) is 11.8 Å². The molecule has 2 aliphatic heterocycles. The topological polar surface area (TPSA) is 64.5 Å². The van der Waals surface area contributed by atoms with Gasteiger partial charge >= 0.3 is 0 Å². The van der Waals surface area contributed by atoms with Crippen LogP contribution in [0.25, 0.3) is 0 Å². The van der Waals surface area contributed by atoms with Crippen molar-refractivity contribution < 1.29 is 13.6 Å². The van der Waals surface area contributed by atoms with E-state index in [9.17, 15) is 0 Å². The zero-order chi connectivity index (χ0) is 15.2. The van der Waals surface area contributed by atoms with Crippen molar-refractivity contribution in [2.45, 2.75) is 50.4 Å². The SMILES string of the molecule is c1coc(CN2CC[C@H]3C[C@H](c4nnc(C5CC5)o4)O[C@@H]3C2)c1. The zero-order valence-electron chi connectivity index (χ0n) is 13.1. The normalized spacial score (nSPS) is 31.4. The average molecular weight is 315 g/mol. The van der Waals surface area contributed by atoms with Crippen molar-refractivity contribution in [1.29, 1.82) is 0 Å². The molecule has 0 radical (unpaired) electrons. The molecule has 1 aliphatic carbocycles. The van der Waals surface area contributed by atoms with E-state index in [1.807, 2.05) is 12.1 Å². The predicted octanol–water partition coefficient (Wildman–Crippen LogP) is 2.89. The fourth-order valence-corrected chi connectivity index (χ4v) is 3.79. The quantitative estimate of drug-likeness (QED) is 0.864. The third kappa shape index (κ3) is 2.70. The highest BCUT2D eigenvalue weighted by molar-refractivity contribution is 5.03. The maximum Gasteiger partial charge on any atom is 0.245 e. The van der Waals surface area contributed by atoms with Gasteiger partial charge < -0.3 is 13.6 Å². The van der Waals surface area contributed by atoms with Crippen LogP contribution in [-0.4, -0.2) is 34.3 Å². The van der Waals surface area contributed by atoms with Gasteiger partial charge in [-0.1, -0.05) is 0 Å². The summed E-state index contributed by atoms with van der Waals surface area (Å²) >= 11 is 0. The van der Waals surface area contributed by atoms with Crippen molar-refractivity contribution in [3.8, 4) is 0 Å². The Morgan fingerprint density at radius 3 is 2.91 bits per heavy atom. The predicted molar refractivity (Wildman–Crippen MR) is 80.6 cm³/mol. The number of rotatable bonds is 4. The lowest BCUT2D eigenvalue weighted by molar-refractivity contribution is -0.0189. The minimum absolute atomic E-state index is 0.0198. The van der Waals surface area contributed by atoms with Crippen LogP contribution in [0.2, 0.25) is 0 Å². The zero-order valence-corrected chi connectivity index (χ0v) is 13.1. The van der Waals surface area contributed by atoms with Crippen molar-refractivity contribution in [1.82, 2.24) is 15.1 Å². The Labute approximate surface area is 134 Å². The number of hydrogen-bond donors (Lipinski definition) is 0. The number of nitrogens with zero attached hydrogens (tertiary/aromatic N) is 3. The summed E-state index contributed by atoms with van der Waals surface area (Å²) < 4.78 is 17.5. The summed E-state index contributed by atoms with van der Waals surface area (Å²) in [5.41, 5.74) is 0. The maximum absolute atomic E-state index is 6.25. The summed E-state index contributed by atoms with van der Waals surface area (Å²) in [6, 6.07) is 3.97. The number of fused-ring (bicyclic) bond motifs is 1. The second-order valence-electron chi connectivity index (χ2n) is 7.01. The van der Waals surface area contributed by atoms with E-state index in [0.717, 1.165) is 44.1 Å². The smallest absolute Gasteiger partial charge is 0.245 e. The van der Waals surface area contributed by atoms with Gasteiger partial charge in [0.15, 0.2) is 0 Å². The lowest BCUT2D eigenvalue weighted by Crippen LogP contribution is -2.41. The van der Waals surface area contributed by atoms with E-state index in [2.05, 4.69) is 15.1 Å². The van der Waals surface area contributed by atoms with E-state index in [1.54, 1.807) is 6.26 Å². The summed E-state index contributed by atoms with van der Waals surface area (Å²) in [4.78, 5) is 2.41. The molecule has 0 amide bonds. The molecular formula is C17H21N3O3.